The summed E-state index contributed by atoms with van der Waals surface area (Å²) in [5, 5.41) is 0. The minimum absolute atomic E-state index is 0.0823. The number of carbonyl (C=O) groups is 2. The van der Waals surface area contributed by atoms with Crippen LogP contribution in [0, 0.1) is 5.82 Å². The van der Waals surface area contributed by atoms with Crippen LogP contribution in [0.3, 0.4) is 0 Å². The third-order valence-corrected chi connectivity index (χ3v) is 4.74. The molecule has 0 saturated carbocycles. The minimum Gasteiger partial charge on any atom is -0.497 e. The topological polar surface area (TPSA) is 52.6 Å². The van der Waals surface area contributed by atoms with Gasteiger partial charge >= 0.3 is 5.97 Å². The van der Waals surface area contributed by atoms with Crippen molar-refractivity contribution >= 4 is 33.8 Å². The Balaban J connectivity index is 1.88. The normalized spacial score (nSPS) is 10.7. The summed E-state index contributed by atoms with van der Waals surface area (Å²) in [7, 11) is 1.48. The molecule has 0 aliphatic carbocycles. The second kappa shape index (κ2) is 9.30. The van der Waals surface area contributed by atoms with Crippen molar-refractivity contribution in [3.8, 4) is 11.5 Å². The zero-order chi connectivity index (χ0) is 20.8. The van der Waals surface area contributed by atoms with Crippen molar-refractivity contribution in [2.24, 2.45) is 0 Å². The number of allylic oxidation sites excluding steroid dienone is 1. The number of ketones is 1. The maximum atomic E-state index is 13.0. The number of benzene rings is 3. The van der Waals surface area contributed by atoms with E-state index in [4.69, 9.17) is 9.47 Å². The van der Waals surface area contributed by atoms with Crippen molar-refractivity contribution in [2.45, 2.75) is 0 Å². The summed E-state index contributed by atoms with van der Waals surface area (Å²) in [6.45, 7) is 0. The lowest BCUT2D eigenvalue weighted by atomic mass is 10.1. The molecule has 6 heteroatoms. The van der Waals surface area contributed by atoms with Crippen molar-refractivity contribution in [1.82, 2.24) is 0 Å². The van der Waals surface area contributed by atoms with Crippen LogP contribution in [0.1, 0.15) is 26.3 Å². The van der Waals surface area contributed by atoms with Crippen molar-refractivity contribution < 1.29 is 23.5 Å². The van der Waals surface area contributed by atoms with Crippen molar-refractivity contribution in [3.63, 3.8) is 0 Å². The average molecular weight is 455 g/mol. The molecule has 0 fully saturated rings. The van der Waals surface area contributed by atoms with Crippen LogP contribution >= 0.6 is 15.9 Å². The van der Waals surface area contributed by atoms with E-state index in [2.05, 4.69) is 15.9 Å². The number of hydrogen-bond acceptors (Lipinski definition) is 4. The Kier molecular flexibility index (Phi) is 6.57. The smallest absolute Gasteiger partial charge is 0.344 e. The number of methoxy groups -OCH3 is 1. The number of hydrogen-bond donors (Lipinski definition) is 0. The van der Waals surface area contributed by atoms with Gasteiger partial charge in [0.15, 0.2) is 5.78 Å². The Morgan fingerprint density at radius 2 is 1.69 bits per heavy atom. The maximum absolute atomic E-state index is 13.0. The lowest BCUT2D eigenvalue weighted by Crippen LogP contribution is -2.12. The number of ether oxygens (including phenoxy) is 2. The van der Waals surface area contributed by atoms with Crippen LogP contribution in [0.2, 0.25) is 0 Å². The molecule has 0 heterocycles. The molecule has 4 nitrogen and oxygen atoms in total. The van der Waals surface area contributed by atoms with Crippen LogP contribution in [0.15, 0.2) is 77.3 Å². The molecule has 0 bridgehead atoms. The van der Waals surface area contributed by atoms with Crippen LogP contribution in [0.25, 0.3) is 6.08 Å². The summed E-state index contributed by atoms with van der Waals surface area (Å²) in [6.07, 6.45) is 2.90. The lowest BCUT2D eigenvalue weighted by molar-refractivity contribution is 0.0732. The first kappa shape index (κ1) is 20.5. The summed E-state index contributed by atoms with van der Waals surface area (Å²) in [6, 6.07) is 17.2. The molecular weight excluding hydrogens is 439 g/mol. The fraction of sp³-hybridized carbons (Fsp3) is 0.0435. The predicted octanol–water partition coefficient (Wildman–Crippen LogP) is 5.71. The molecule has 0 radical (unpaired) electrons. The minimum atomic E-state index is -0.609. The fourth-order valence-corrected chi connectivity index (χ4v) is 2.98. The molecular formula is C23H16BrFO4. The van der Waals surface area contributed by atoms with Gasteiger partial charge < -0.3 is 9.47 Å². The van der Waals surface area contributed by atoms with E-state index in [1.807, 2.05) is 0 Å². The standard InChI is InChI=1S/C23H16BrFO4/c1-28-17-11-12-19(21(26)13-8-15-6-9-16(25)10-7-15)22(14-17)29-23(27)18-4-2-3-5-20(18)24/h2-14H,1H3/b13-8+. The van der Waals surface area contributed by atoms with Gasteiger partial charge in [0, 0.05) is 10.5 Å². The van der Waals surface area contributed by atoms with Gasteiger partial charge in [0.2, 0.25) is 0 Å². The molecule has 3 aromatic carbocycles. The number of rotatable bonds is 6. The first-order valence-corrected chi connectivity index (χ1v) is 9.40. The highest BCUT2D eigenvalue weighted by atomic mass is 79.9. The number of carbonyl (C=O) groups excluding carboxylic acids is 2. The number of halogens is 2. The van der Waals surface area contributed by atoms with E-state index in [0.29, 0.717) is 21.3 Å². The van der Waals surface area contributed by atoms with Crippen molar-refractivity contribution in [1.29, 1.82) is 0 Å². The second-order valence-electron chi connectivity index (χ2n) is 5.98. The molecule has 29 heavy (non-hydrogen) atoms. The van der Waals surface area contributed by atoms with E-state index in [1.165, 1.54) is 37.5 Å². The fourth-order valence-electron chi connectivity index (χ4n) is 2.53. The molecule has 0 amide bonds. The van der Waals surface area contributed by atoms with E-state index < -0.39 is 5.97 Å². The largest absolute Gasteiger partial charge is 0.497 e. The molecule has 0 aromatic heterocycles. The van der Waals surface area contributed by atoms with Crippen LogP contribution in [-0.4, -0.2) is 18.9 Å². The van der Waals surface area contributed by atoms with E-state index in [-0.39, 0.29) is 22.9 Å². The van der Waals surface area contributed by atoms with E-state index in [1.54, 1.807) is 48.5 Å². The van der Waals surface area contributed by atoms with Crippen molar-refractivity contribution in [3.05, 3.63) is 99.8 Å². The Labute approximate surface area is 175 Å². The summed E-state index contributed by atoms with van der Waals surface area (Å²) in [4.78, 5) is 25.3. The Morgan fingerprint density at radius 1 is 0.966 bits per heavy atom. The Bertz CT molecular complexity index is 1070. The molecule has 3 aromatic rings. The van der Waals surface area contributed by atoms with Gasteiger partial charge in [-0.15, -0.1) is 0 Å². The highest BCUT2D eigenvalue weighted by Gasteiger charge is 2.18. The van der Waals surface area contributed by atoms with Gasteiger partial charge in [-0.25, -0.2) is 9.18 Å². The molecule has 0 N–H and O–H groups in total. The summed E-state index contributed by atoms with van der Waals surface area (Å²) >= 11 is 3.31. The first-order chi connectivity index (χ1) is 14.0. The lowest BCUT2D eigenvalue weighted by Gasteiger charge is -2.11. The predicted molar refractivity (Wildman–Crippen MR) is 112 cm³/mol. The quantitative estimate of drug-likeness (QED) is 0.207. The van der Waals surface area contributed by atoms with Crippen LogP contribution in [0.4, 0.5) is 4.39 Å². The molecule has 146 valence electrons. The summed E-state index contributed by atoms with van der Waals surface area (Å²) < 4.78 is 24.3. The van der Waals surface area contributed by atoms with Gasteiger partial charge in [-0.1, -0.05) is 30.3 Å². The number of esters is 1. The summed E-state index contributed by atoms with van der Waals surface area (Å²) in [5.41, 5.74) is 1.19. The monoisotopic (exact) mass is 454 g/mol. The third-order valence-electron chi connectivity index (χ3n) is 4.05. The van der Waals surface area contributed by atoms with Gasteiger partial charge in [0.25, 0.3) is 0 Å². The van der Waals surface area contributed by atoms with E-state index in [0.717, 1.165) is 0 Å². The molecule has 0 spiro atoms. The van der Waals surface area contributed by atoms with Crippen molar-refractivity contribution in [2.75, 3.05) is 7.11 Å². The third kappa shape index (κ3) is 5.18. The SMILES string of the molecule is COc1ccc(C(=O)/C=C/c2ccc(F)cc2)c(OC(=O)c2ccccc2Br)c1. The second-order valence-corrected chi connectivity index (χ2v) is 6.83. The summed E-state index contributed by atoms with van der Waals surface area (Å²) in [5.74, 6) is -0.808. The van der Waals surface area contributed by atoms with Gasteiger partial charge in [-0.3, -0.25) is 4.79 Å². The molecule has 0 saturated heterocycles. The molecule has 0 aliphatic rings. The molecule has 0 aliphatic heterocycles. The first-order valence-electron chi connectivity index (χ1n) is 8.60. The Morgan fingerprint density at radius 3 is 2.38 bits per heavy atom. The van der Waals surface area contributed by atoms with Gasteiger partial charge in [0.1, 0.15) is 17.3 Å². The zero-order valence-corrected chi connectivity index (χ0v) is 17.0. The highest BCUT2D eigenvalue weighted by Crippen LogP contribution is 2.28. The molecule has 3 rings (SSSR count). The zero-order valence-electron chi connectivity index (χ0n) is 15.4. The Hall–Kier alpha value is -3.25. The average Bonchev–Trinajstić information content (AvgIpc) is 2.73. The van der Waals surface area contributed by atoms with Crippen LogP contribution in [0.5, 0.6) is 11.5 Å². The maximum Gasteiger partial charge on any atom is 0.344 e. The highest BCUT2D eigenvalue weighted by molar-refractivity contribution is 9.10. The van der Waals surface area contributed by atoms with E-state index in [9.17, 15) is 14.0 Å². The van der Waals surface area contributed by atoms with Gasteiger partial charge in [-0.05, 0) is 64.0 Å². The molecule has 0 atom stereocenters. The van der Waals surface area contributed by atoms with Crippen LogP contribution < -0.4 is 9.47 Å². The van der Waals surface area contributed by atoms with Gasteiger partial charge in [-0.2, -0.15) is 0 Å². The van der Waals surface area contributed by atoms with Crippen LogP contribution in [-0.2, 0) is 0 Å². The molecule has 0 unspecified atom stereocenters. The van der Waals surface area contributed by atoms with Gasteiger partial charge in [0.05, 0.1) is 18.2 Å². The van der Waals surface area contributed by atoms with E-state index >= 15 is 0 Å².